The number of hydrogen-bond donors (Lipinski definition) is 0. The third kappa shape index (κ3) is 5.20. The zero-order valence-corrected chi connectivity index (χ0v) is 8.91. The Labute approximate surface area is 80.6 Å². The summed E-state index contributed by atoms with van der Waals surface area (Å²) in [6.07, 6.45) is 5.26. The lowest BCUT2D eigenvalue weighted by atomic mass is 10.1. The predicted molar refractivity (Wildman–Crippen MR) is 57.7 cm³/mol. The Morgan fingerprint density at radius 2 is 1.83 bits per heavy atom. The van der Waals surface area contributed by atoms with Gasteiger partial charge in [-0.3, -0.25) is 0 Å². The highest BCUT2D eigenvalue weighted by Gasteiger charge is 1.87. The molecule has 0 rings (SSSR count). The fourth-order valence-corrected chi connectivity index (χ4v) is 0.775. The van der Waals surface area contributed by atoms with E-state index < -0.39 is 0 Å². The summed E-state index contributed by atoms with van der Waals surface area (Å²) < 4.78 is 0. The maximum atomic E-state index is 5.62. The van der Waals surface area contributed by atoms with Crippen LogP contribution in [0.5, 0.6) is 0 Å². The summed E-state index contributed by atoms with van der Waals surface area (Å²) in [6.45, 7) is 9.99. The molecule has 0 radical (unpaired) electrons. The monoisotopic (exact) mass is 184 g/mol. The first-order valence-corrected chi connectivity index (χ1v) is 4.65. The van der Waals surface area contributed by atoms with Gasteiger partial charge in [0.15, 0.2) is 0 Å². The smallest absolute Gasteiger partial charge is 0.0430 e. The maximum Gasteiger partial charge on any atom is 0.0430 e. The molecule has 0 bridgehead atoms. The molecule has 0 N–H and O–H groups in total. The topological polar surface area (TPSA) is 0 Å². The minimum absolute atomic E-state index is 0.625. The lowest BCUT2D eigenvalue weighted by Crippen LogP contribution is -1.78. The van der Waals surface area contributed by atoms with E-state index in [-0.39, 0.29) is 0 Å². The van der Waals surface area contributed by atoms with E-state index in [1.54, 1.807) is 0 Å². The minimum Gasteiger partial charge on any atom is -0.122 e. The summed E-state index contributed by atoms with van der Waals surface area (Å²) in [7, 11) is 0. The van der Waals surface area contributed by atoms with E-state index in [2.05, 4.69) is 25.7 Å². The first-order chi connectivity index (χ1) is 5.57. The number of rotatable bonds is 4. The van der Waals surface area contributed by atoms with Gasteiger partial charge in [0, 0.05) is 5.88 Å². The molecule has 0 spiro atoms. The molecule has 12 heavy (non-hydrogen) atoms. The van der Waals surface area contributed by atoms with Gasteiger partial charge in [-0.15, -0.1) is 11.6 Å². The molecule has 0 amide bonds. The quantitative estimate of drug-likeness (QED) is 0.351. The van der Waals surface area contributed by atoms with E-state index in [1.165, 1.54) is 11.1 Å². The third-order valence-electron chi connectivity index (χ3n) is 1.77. The zero-order chi connectivity index (χ0) is 9.56. The van der Waals surface area contributed by atoms with Crippen molar-refractivity contribution in [3.05, 3.63) is 35.5 Å². The Kier molecular flexibility index (Phi) is 5.83. The summed E-state index contributed by atoms with van der Waals surface area (Å²) in [5.74, 6) is 0.625. The van der Waals surface area contributed by atoms with Gasteiger partial charge in [-0.2, -0.15) is 0 Å². The minimum atomic E-state index is 0.625. The van der Waals surface area contributed by atoms with Gasteiger partial charge in [0.25, 0.3) is 0 Å². The molecule has 0 nitrogen and oxygen atoms in total. The molecule has 0 atom stereocenters. The first-order valence-electron chi connectivity index (χ1n) is 4.12. The van der Waals surface area contributed by atoms with Gasteiger partial charge < -0.3 is 0 Å². The molecule has 0 saturated carbocycles. The summed E-state index contributed by atoms with van der Waals surface area (Å²) in [6, 6.07) is 0. The third-order valence-corrected chi connectivity index (χ3v) is 2.20. The molecule has 0 aromatic rings. The second-order valence-electron chi connectivity index (χ2n) is 3.09. The van der Waals surface area contributed by atoms with E-state index in [0.717, 1.165) is 12.0 Å². The van der Waals surface area contributed by atoms with Crippen molar-refractivity contribution in [3.8, 4) is 0 Å². The van der Waals surface area contributed by atoms with Crippen molar-refractivity contribution in [2.75, 3.05) is 5.88 Å². The molecule has 0 saturated heterocycles. The van der Waals surface area contributed by atoms with Crippen molar-refractivity contribution in [1.29, 1.82) is 0 Å². The highest BCUT2D eigenvalue weighted by atomic mass is 35.5. The number of allylic oxidation sites excluding steroid dienone is 5. The average Bonchev–Trinajstić information content (AvgIpc) is 2.03. The highest BCUT2D eigenvalue weighted by Crippen LogP contribution is 2.07. The summed E-state index contributed by atoms with van der Waals surface area (Å²) in [4.78, 5) is 0. The van der Waals surface area contributed by atoms with Crippen LogP contribution >= 0.6 is 11.6 Å². The Hall–Kier alpha value is -0.490. The molecule has 1 heteroatoms. The van der Waals surface area contributed by atoms with E-state index in [0.29, 0.717) is 5.88 Å². The van der Waals surface area contributed by atoms with Gasteiger partial charge in [-0.25, -0.2) is 0 Å². The number of alkyl halides is 1. The maximum absolute atomic E-state index is 5.62. The largest absolute Gasteiger partial charge is 0.122 e. The number of hydrogen-bond acceptors (Lipinski definition) is 0. The Morgan fingerprint density at radius 1 is 1.25 bits per heavy atom. The molecular weight excluding hydrogens is 168 g/mol. The second kappa shape index (κ2) is 6.07. The van der Waals surface area contributed by atoms with Gasteiger partial charge in [0.1, 0.15) is 0 Å². The van der Waals surface area contributed by atoms with E-state index in [9.17, 15) is 0 Å². The highest BCUT2D eigenvalue weighted by molar-refractivity contribution is 6.19. The van der Waals surface area contributed by atoms with Crippen LogP contribution < -0.4 is 0 Å². The summed E-state index contributed by atoms with van der Waals surface area (Å²) >= 11 is 5.62. The van der Waals surface area contributed by atoms with Crippen LogP contribution in [0, 0.1) is 0 Å². The van der Waals surface area contributed by atoms with Crippen LogP contribution in [0.3, 0.4) is 0 Å². The van der Waals surface area contributed by atoms with E-state index >= 15 is 0 Å². The van der Waals surface area contributed by atoms with E-state index in [1.807, 2.05) is 13.8 Å². The van der Waals surface area contributed by atoms with Crippen LogP contribution in [0.4, 0.5) is 0 Å². The molecule has 0 aliphatic rings. The zero-order valence-electron chi connectivity index (χ0n) is 8.15. The van der Waals surface area contributed by atoms with Crippen molar-refractivity contribution < 1.29 is 0 Å². The lowest BCUT2D eigenvalue weighted by molar-refractivity contribution is 1.24. The van der Waals surface area contributed by atoms with Crippen LogP contribution in [-0.4, -0.2) is 5.88 Å². The molecule has 0 aliphatic heterocycles. The van der Waals surface area contributed by atoms with Crippen LogP contribution in [-0.2, 0) is 0 Å². The van der Waals surface area contributed by atoms with Crippen molar-refractivity contribution in [3.63, 3.8) is 0 Å². The van der Waals surface area contributed by atoms with Gasteiger partial charge in [-0.1, -0.05) is 35.5 Å². The summed E-state index contributed by atoms with van der Waals surface area (Å²) in [5.41, 5.74) is 3.61. The van der Waals surface area contributed by atoms with Crippen LogP contribution in [0.2, 0.25) is 0 Å². The van der Waals surface area contributed by atoms with Crippen LogP contribution in [0.25, 0.3) is 0 Å². The van der Waals surface area contributed by atoms with Gasteiger partial charge >= 0.3 is 0 Å². The molecule has 0 aromatic heterocycles. The van der Waals surface area contributed by atoms with Crippen LogP contribution in [0.15, 0.2) is 35.5 Å². The second-order valence-corrected chi connectivity index (χ2v) is 3.35. The molecule has 0 heterocycles. The van der Waals surface area contributed by atoms with Crippen molar-refractivity contribution >= 4 is 11.6 Å². The molecule has 68 valence electrons. The van der Waals surface area contributed by atoms with Gasteiger partial charge in [0.2, 0.25) is 0 Å². The van der Waals surface area contributed by atoms with Crippen molar-refractivity contribution in [2.24, 2.45) is 0 Å². The fourth-order valence-electron chi connectivity index (χ4n) is 0.666. The fraction of sp³-hybridized carbons (Fsp3) is 0.455. The predicted octanol–water partition coefficient (Wildman–Crippen LogP) is 4.08. The van der Waals surface area contributed by atoms with Gasteiger partial charge in [0.05, 0.1) is 0 Å². The molecular formula is C11H17Cl. The Morgan fingerprint density at radius 3 is 2.25 bits per heavy atom. The average molecular weight is 185 g/mol. The van der Waals surface area contributed by atoms with Crippen molar-refractivity contribution in [1.82, 2.24) is 0 Å². The van der Waals surface area contributed by atoms with E-state index in [4.69, 9.17) is 11.6 Å². The Balaban J connectivity index is 3.98. The lowest BCUT2D eigenvalue weighted by Gasteiger charge is -1.97. The molecule has 0 fully saturated rings. The first kappa shape index (κ1) is 11.5. The molecule has 0 unspecified atom stereocenters. The summed E-state index contributed by atoms with van der Waals surface area (Å²) in [5, 5.41) is 0. The standard InChI is InChI=1S/C11H17Cl/c1-9(2)11(4)7-5-6-10(3)8-12/h6-7H,1,5,8H2,2-4H3/b10-6-,11-7-. The SMILES string of the molecule is C=C(C)/C(C)=C\C/C=C(/C)CCl. The number of halogens is 1. The molecule has 0 aliphatic carbocycles. The normalized spacial score (nSPS) is 13.3. The van der Waals surface area contributed by atoms with Gasteiger partial charge in [-0.05, 0) is 27.2 Å². The van der Waals surface area contributed by atoms with Crippen LogP contribution in [0.1, 0.15) is 27.2 Å². The Bertz CT molecular complexity index is 209. The van der Waals surface area contributed by atoms with Crippen molar-refractivity contribution in [2.45, 2.75) is 27.2 Å². The molecule has 0 aromatic carbocycles.